The average molecular weight is 250 g/mol. The summed E-state index contributed by atoms with van der Waals surface area (Å²) >= 11 is 0. The lowest BCUT2D eigenvalue weighted by molar-refractivity contribution is 0.433. The minimum Gasteiger partial charge on any atom is -0.380 e. The van der Waals surface area contributed by atoms with E-state index in [1.807, 2.05) is 0 Å². The second-order valence-electron chi connectivity index (χ2n) is 5.07. The van der Waals surface area contributed by atoms with E-state index in [9.17, 15) is 8.78 Å². The van der Waals surface area contributed by atoms with Gasteiger partial charge in [-0.1, -0.05) is 13.8 Å². The standard InChI is InChI=1S/C14H16F2N2/c1-8-3-5-11(9(8)2)18-12-6-4-10(7-17)13(15)14(12)16/h4,6,8-9,11,18H,3,5H2,1-2H3. The van der Waals surface area contributed by atoms with Crippen molar-refractivity contribution in [2.24, 2.45) is 11.8 Å². The number of benzene rings is 1. The third-order valence-corrected chi connectivity index (χ3v) is 4.01. The van der Waals surface area contributed by atoms with Crippen LogP contribution in [0.4, 0.5) is 14.5 Å². The second-order valence-corrected chi connectivity index (χ2v) is 5.07. The summed E-state index contributed by atoms with van der Waals surface area (Å²) in [5.41, 5.74) is -0.108. The van der Waals surface area contributed by atoms with E-state index in [1.54, 1.807) is 6.07 Å². The number of anilines is 1. The number of hydrogen-bond donors (Lipinski definition) is 1. The normalized spacial score (nSPS) is 26.9. The van der Waals surface area contributed by atoms with Crippen LogP contribution in [0.1, 0.15) is 32.3 Å². The maximum absolute atomic E-state index is 13.7. The molecular formula is C14H16F2N2. The number of nitriles is 1. The molecule has 1 N–H and O–H groups in total. The highest BCUT2D eigenvalue weighted by Gasteiger charge is 2.30. The molecule has 0 amide bonds. The monoisotopic (exact) mass is 250 g/mol. The zero-order valence-corrected chi connectivity index (χ0v) is 10.5. The molecule has 0 heterocycles. The van der Waals surface area contributed by atoms with Crippen LogP contribution in [-0.2, 0) is 0 Å². The van der Waals surface area contributed by atoms with Crippen LogP contribution in [0, 0.1) is 34.8 Å². The van der Waals surface area contributed by atoms with Crippen molar-refractivity contribution in [3.05, 3.63) is 29.3 Å². The maximum Gasteiger partial charge on any atom is 0.183 e. The Balaban J connectivity index is 2.21. The fourth-order valence-electron chi connectivity index (χ4n) is 2.52. The Morgan fingerprint density at radius 3 is 2.50 bits per heavy atom. The number of hydrogen-bond acceptors (Lipinski definition) is 2. The van der Waals surface area contributed by atoms with Gasteiger partial charge in [-0.25, -0.2) is 8.78 Å². The van der Waals surface area contributed by atoms with E-state index in [0.29, 0.717) is 11.8 Å². The first kappa shape index (κ1) is 12.8. The van der Waals surface area contributed by atoms with Crippen molar-refractivity contribution in [1.82, 2.24) is 0 Å². The largest absolute Gasteiger partial charge is 0.380 e. The lowest BCUT2D eigenvalue weighted by Gasteiger charge is -2.21. The van der Waals surface area contributed by atoms with Crippen LogP contribution in [0.5, 0.6) is 0 Å². The van der Waals surface area contributed by atoms with Crippen LogP contribution < -0.4 is 5.32 Å². The summed E-state index contributed by atoms with van der Waals surface area (Å²) in [5.74, 6) is -1.00. The van der Waals surface area contributed by atoms with Crippen molar-refractivity contribution in [1.29, 1.82) is 5.26 Å². The number of rotatable bonds is 2. The van der Waals surface area contributed by atoms with Crippen LogP contribution in [0.25, 0.3) is 0 Å². The molecule has 0 saturated heterocycles. The number of nitrogens with zero attached hydrogens (tertiary/aromatic N) is 1. The first-order valence-corrected chi connectivity index (χ1v) is 6.19. The first-order valence-electron chi connectivity index (χ1n) is 6.19. The molecule has 1 aromatic rings. The fourth-order valence-corrected chi connectivity index (χ4v) is 2.52. The Hall–Kier alpha value is -1.63. The van der Waals surface area contributed by atoms with Crippen LogP contribution in [0.15, 0.2) is 12.1 Å². The molecule has 96 valence electrons. The molecule has 4 heteroatoms. The van der Waals surface area contributed by atoms with E-state index in [4.69, 9.17) is 5.26 Å². The molecule has 1 aliphatic carbocycles. The molecular weight excluding hydrogens is 234 g/mol. The van der Waals surface area contributed by atoms with Crippen LogP contribution in [0.2, 0.25) is 0 Å². The van der Waals surface area contributed by atoms with Gasteiger partial charge < -0.3 is 5.32 Å². The molecule has 18 heavy (non-hydrogen) atoms. The summed E-state index contributed by atoms with van der Waals surface area (Å²) in [6.45, 7) is 4.29. The number of nitrogens with one attached hydrogen (secondary N) is 1. The molecule has 1 saturated carbocycles. The number of halogens is 2. The van der Waals surface area contributed by atoms with E-state index in [-0.39, 0.29) is 17.3 Å². The lowest BCUT2D eigenvalue weighted by atomic mass is 9.97. The van der Waals surface area contributed by atoms with Gasteiger partial charge in [-0.2, -0.15) is 5.26 Å². The quantitative estimate of drug-likeness (QED) is 0.869. The molecule has 0 radical (unpaired) electrons. The Morgan fingerprint density at radius 2 is 1.94 bits per heavy atom. The van der Waals surface area contributed by atoms with Gasteiger partial charge >= 0.3 is 0 Å². The minimum atomic E-state index is -1.07. The third kappa shape index (κ3) is 2.17. The highest BCUT2D eigenvalue weighted by Crippen LogP contribution is 2.34. The Bertz CT molecular complexity index is 493. The van der Waals surface area contributed by atoms with Gasteiger partial charge in [0, 0.05) is 6.04 Å². The Morgan fingerprint density at radius 1 is 1.22 bits per heavy atom. The third-order valence-electron chi connectivity index (χ3n) is 4.01. The summed E-state index contributed by atoms with van der Waals surface area (Å²) in [4.78, 5) is 0. The van der Waals surface area contributed by atoms with Crippen molar-refractivity contribution in [2.75, 3.05) is 5.32 Å². The predicted molar refractivity (Wildman–Crippen MR) is 66.0 cm³/mol. The van der Waals surface area contributed by atoms with Crippen molar-refractivity contribution in [2.45, 2.75) is 32.7 Å². The van der Waals surface area contributed by atoms with Crippen LogP contribution in [0.3, 0.4) is 0 Å². The topological polar surface area (TPSA) is 35.8 Å². The van der Waals surface area contributed by atoms with Gasteiger partial charge in [0.1, 0.15) is 6.07 Å². The van der Waals surface area contributed by atoms with Gasteiger partial charge in [0.25, 0.3) is 0 Å². The molecule has 1 fully saturated rings. The van der Waals surface area contributed by atoms with Gasteiger partial charge in [0.05, 0.1) is 11.3 Å². The van der Waals surface area contributed by atoms with Crippen molar-refractivity contribution in [3.63, 3.8) is 0 Å². The molecule has 1 aliphatic rings. The summed E-state index contributed by atoms with van der Waals surface area (Å²) < 4.78 is 27.2. The van der Waals surface area contributed by atoms with E-state index >= 15 is 0 Å². The van der Waals surface area contributed by atoms with Crippen molar-refractivity contribution in [3.8, 4) is 6.07 Å². The molecule has 1 aromatic carbocycles. The second kappa shape index (κ2) is 4.93. The van der Waals surface area contributed by atoms with Crippen molar-refractivity contribution < 1.29 is 8.78 Å². The van der Waals surface area contributed by atoms with Gasteiger partial charge in [-0.3, -0.25) is 0 Å². The Kier molecular flexibility index (Phi) is 3.51. The molecule has 2 nitrogen and oxygen atoms in total. The SMILES string of the molecule is CC1CCC(Nc2ccc(C#N)c(F)c2F)C1C. The molecule has 3 unspecified atom stereocenters. The van der Waals surface area contributed by atoms with Crippen LogP contribution in [-0.4, -0.2) is 6.04 Å². The molecule has 0 spiro atoms. The van der Waals surface area contributed by atoms with Gasteiger partial charge in [-0.15, -0.1) is 0 Å². The summed E-state index contributed by atoms with van der Waals surface area (Å²) in [6.07, 6.45) is 2.06. The van der Waals surface area contributed by atoms with Gasteiger partial charge in [0.2, 0.25) is 0 Å². The summed E-state index contributed by atoms with van der Waals surface area (Å²) in [7, 11) is 0. The zero-order valence-electron chi connectivity index (χ0n) is 10.5. The van der Waals surface area contributed by atoms with E-state index in [1.165, 1.54) is 12.1 Å². The van der Waals surface area contributed by atoms with E-state index < -0.39 is 11.6 Å². The molecule has 0 aromatic heterocycles. The highest BCUT2D eigenvalue weighted by molar-refractivity contribution is 5.50. The Labute approximate surface area is 106 Å². The maximum atomic E-state index is 13.7. The van der Waals surface area contributed by atoms with E-state index in [2.05, 4.69) is 19.2 Å². The fraction of sp³-hybridized carbons (Fsp3) is 0.500. The molecule has 3 atom stereocenters. The lowest BCUT2D eigenvalue weighted by Crippen LogP contribution is -2.24. The zero-order chi connectivity index (χ0) is 13.3. The molecule has 2 rings (SSSR count). The van der Waals surface area contributed by atoms with Gasteiger partial charge in [0.15, 0.2) is 11.6 Å². The van der Waals surface area contributed by atoms with Crippen molar-refractivity contribution >= 4 is 5.69 Å². The highest BCUT2D eigenvalue weighted by atomic mass is 19.2. The summed E-state index contributed by atoms with van der Waals surface area (Å²) in [6, 6.07) is 4.54. The van der Waals surface area contributed by atoms with E-state index in [0.717, 1.165) is 12.8 Å². The first-order chi connectivity index (χ1) is 8.54. The average Bonchev–Trinajstić information content (AvgIpc) is 2.67. The molecule has 0 bridgehead atoms. The van der Waals surface area contributed by atoms with Gasteiger partial charge in [-0.05, 0) is 36.8 Å². The smallest absolute Gasteiger partial charge is 0.183 e. The molecule has 0 aliphatic heterocycles. The predicted octanol–water partition coefficient (Wildman–Crippen LogP) is 3.68. The summed E-state index contributed by atoms with van der Waals surface area (Å²) in [5, 5.41) is 11.7. The minimum absolute atomic E-state index is 0.150. The van der Waals surface area contributed by atoms with Crippen LogP contribution >= 0.6 is 0 Å².